The van der Waals surface area contributed by atoms with E-state index in [-0.39, 0.29) is 11.9 Å². The Kier molecular flexibility index (Phi) is 10.5. The van der Waals surface area contributed by atoms with Crippen LogP contribution in [-0.4, -0.2) is 65.0 Å². The lowest BCUT2D eigenvalue weighted by Crippen LogP contribution is -2.47. The summed E-state index contributed by atoms with van der Waals surface area (Å²) in [4.78, 5) is 16.4. The maximum atomic E-state index is 12.9. The van der Waals surface area contributed by atoms with E-state index in [9.17, 15) is 9.90 Å². The Hall–Kier alpha value is -1.97. The summed E-state index contributed by atoms with van der Waals surface area (Å²) in [5.74, 6) is 0.523. The van der Waals surface area contributed by atoms with Gasteiger partial charge in [-0.25, -0.2) is 0 Å². The standard InChI is InChI=1S/C32H43N3O3S2/c1-2-24-10-11-29-26(20-24)27(21-32(40-29)13-6-7-14-32)33-22-28(36)31(39-23-25-8-4-3-5-9-25)34-30(37)12-15-35-16-18-38-19-17-35/h3-5,8-12,15,20,27-28,31,33,36H,2,6-7,13-14,16-19,21-23H2,1H3,(H,34,37)/b15-12+/t27-,28-,31+/m1/s1. The molecular formula is C32H43N3O3S2. The van der Waals surface area contributed by atoms with Gasteiger partial charge in [-0.15, -0.1) is 23.5 Å². The second-order valence-corrected chi connectivity index (χ2v) is 13.8. The van der Waals surface area contributed by atoms with Gasteiger partial charge in [-0.1, -0.05) is 62.2 Å². The van der Waals surface area contributed by atoms with Crippen molar-refractivity contribution in [2.45, 2.75) is 78.4 Å². The zero-order valence-electron chi connectivity index (χ0n) is 23.5. The molecule has 2 heterocycles. The van der Waals surface area contributed by atoms with E-state index in [1.807, 2.05) is 24.4 Å². The molecule has 3 aliphatic rings. The largest absolute Gasteiger partial charge is 0.389 e. The summed E-state index contributed by atoms with van der Waals surface area (Å²) in [7, 11) is 0. The molecule has 5 rings (SSSR count). The Bertz CT molecular complexity index is 1130. The molecule has 2 aromatic carbocycles. The number of carbonyl (C=O) groups excluding carboxylic acids is 1. The first-order valence-corrected chi connectivity index (χ1v) is 16.6. The van der Waals surface area contributed by atoms with Gasteiger partial charge in [-0.2, -0.15) is 0 Å². The molecule has 2 aliphatic heterocycles. The minimum Gasteiger partial charge on any atom is -0.389 e. The predicted octanol–water partition coefficient (Wildman–Crippen LogP) is 5.27. The van der Waals surface area contributed by atoms with Crippen LogP contribution < -0.4 is 10.6 Å². The number of benzene rings is 2. The average molecular weight is 582 g/mol. The summed E-state index contributed by atoms with van der Waals surface area (Å²) in [6.07, 6.45) is 9.89. The third-order valence-corrected chi connectivity index (χ3v) is 11.1. The molecule has 8 heteroatoms. The van der Waals surface area contributed by atoms with Gasteiger partial charge in [0.05, 0.1) is 19.3 Å². The number of nitrogens with zero attached hydrogens (tertiary/aromatic N) is 1. The van der Waals surface area contributed by atoms with Crippen molar-refractivity contribution in [3.63, 3.8) is 0 Å². The molecule has 0 radical (unpaired) electrons. The fraction of sp³-hybridized carbons (Fsp3) is 0.531. The van der Waals surface area contributed by atoms with Gasteiger partial charge in [0.25, 0.3) is 0 Å². The number of hydrogen-bond donors (Lipinski definition) is 3. The van der Waals surface area contributed by atoms with Crippen LogP contribution in [0.1, 0.15) is 61.8 Å². The van der Waals surface area contributed by atoms with Gasteiger partial charge in [0.15, 0.2) is 0 Å². The van der Waals surface area contributed by atoms with Crippen LogP contribution in [0.5, 0.6) is 0 Å². The van der Waals surface area contributed by atoms with Crippen LogP contribution in [0.4, 0.5) is 0 Å². The van der Waals surface area contributed by atoms with Gasteiger partial charge in [0.1, 0.15) is 5.37 Å². The highest BCUT2D eigenvalue weighted by atomic mass is 32.2. The Morgan fingerprint density at radius 1 is 1.18 bits per heavy atom. The maximum absolute atomic E-state index is 12.9. The molecule has 0 bridgehead atoms. The predicted molar refractivity (Wildman–Crippen MR) is 165 cm³/mol. The van der Waals surface area contributed by atoms with Crippen molar-refractivity contribution in [1.29, 1.82) is 0 Å². The van der Waals surface area contributed by atoms with Crippen molar-refractivity contribution in [1.82, 2.24) is 15.5 Å². The molecule has 2 aromatic rings. The number of morpholine rings is 1. The molecule has 1 saturated carbocycles. The Morgan fingerprint density at radius 2 is 1.95 bits per heavy atom. The fourth-order valence-electron chi connectivity index (χ4n) is 5.91. The minimum atomic E-state index is -0.735. The summed E-state index contributed by atoms with van der Waals surface area (Å²) in [6, 6.07) is 17.3. The molecule has 1 saturated heterocycles. The van der Waals surface area contributed by atoms with E-state index >= 15 is 0 Å². The smallest absolute Gasteiger partial charge is 0.246 e. The van der Waals surface area contributed by atoms with Crippen LogP contribution in [0, 0.1) is 0 Å². The van der Waals surface area contributed by atoms with Crippen molar-refractivity contribution in [2.75, 3.05) is 32.8 Å². The Balaban J connectivity index is 1.26. The molecule has 3 atom stereocenters. The van der Waals surface area contributed by atoms with Crippen LogP contribution in [0.15, 0.2) is 65.7 Å². The Labute approximate surface area is 247 Å². The first kappa shape index (κ1) is 29.5. The number of amides is 1. The topological polar surface area (TPSA) is 73.8 Å². The van der Waals surface area contributed by atoms with E-state index in [0.29, 0.717) is 30.3 Å². The number of fused-ring (bicyclic) bond motifs is 1. The van der Waals surface area contributed by atoms with E-state index in [1.54, 1.807) is 17.8 Å². The Morgan fingerprint density at radius 3 is 2.70 bits per heavy atom. The lowest BCUT2D eigenvalue weighted by molar-refractivity contribution is -0.117. The quantitative estimate of drug-likeness (QED) is 0.247. The van der Waals surface area contributed by atoms with Gasteiger partial charge in [0, 0.05) is 53.3 Å². The molecule has 216 valence electrons. The number of rotatable bonds is 11. The third kappa shape index (κ3) is 7.85. The van der Waals surface area contributed by atoms with Crippen molar-refractivity contribution >= 4 is 29.4 Å². The van der Waals surface area contributed by atoms with E-state index in [0.717, 1.165) is 25.9 Å². The number of hydrogen-bond acceptors (Lipinski definition) is 7. The second-order valence-electron chi connectivity index (χ2n) is 11.1. The van der Waals surface area contributed by atoms with E-state index in [4.69, 9.17) is 4.74 Å². The monoisotopic (exact) mass is 581 g/mol. The zero-order valence-corrected chi connectivity index (χ0v) is 25.2. The SMILES string of the molecule is CCc1ccc2c(c1)[C@H](NC[C@@H](O)[C@@H](NC(=O)/C=C/N1CCOCC1)SCc1ccccc1)CC1(CCCC1)S2. The highest BCUT2D eigenvalue weighted by Gasteiger charge is 2.42. The number of aryl methyl sites for hydroxylation is 1. The molecular weight excluding hydrogens is 539 g/mol. The van der Waals surface area contributed by atoms with Crippen LogP contribution in [0.25, 0.3) is 0 Å². The fourth-order valence-corrected chi connectivity index (χ4v) is 8.66. The summed E-state index contributed by atoms with van der Waals surface area (Å²) >= 11 is 3.65. The minimum absolute atomic E-state index is 0.187. The number of aliphatic hydroxyl groups excluding tert-OH is 1. The number of ether oxygens (including phenoxy) is 1. The normalized spacial score (nSPS) is 21.9. The van der Waals surface area contributed by atoms with E-state index in [2.05, 4.69) is 64.6 Å². The highest BCUT2D eigenvalue weighted by Crippen LogP contribution is 2.55. The molecule has 3 N–H and O–H groups in total. The number of aliphatic hydroxyl groups is 1. The molecule has 0 unspecified atom stereocenters. The van der Waals surface area contributed by atoms with Crippen molar-refractivity contribution in [3.05, 3.63) is 77.5 Å². The number of carbonyl (C=O) groups is 1. The lowest BCUT2D eigenvalue weighted by atomic mass is 9.90. The zero-order chi connectivity index (χ0) is 27.8. The molecule has 1 spiro atoms. The molecule has 40 heavy (non-hydrogen) atoms. The number of thioether (sulfide) groups is 2. The summed E-state index contributed by atoms with van der Waals surface area (Å²) < 4.78 is 5.69. The van der Waals surface area contributed by atoms with Crippen LogP contribution in [0.2, 0.25) is 0 Å². The third-order valence-electron chi connectivity index (χ3n) is 8.24. The maximum Gasteiger partial charge on any atom is 0.246 e. The second kappa shape index (κ2) is 14.3. The van der Waals surface area contributed by atoms with E-state index < -0.39 is 11.5 Å². The van der Waals surface area contributed by atoms with Crippen molar-refractivity contribution < 1.29 is 14.6 Å². The summed E-state index contributed by atoms with van der Waals surface area (Å²) in [5.41, 5.74) is 3.88. The first-order valence-electron chi connectivity index (χ1n) is 14.7. The van der Waals surface area contributed by atoms with Gasteiger partial charge >= 0.3 is 0 Å². The summed E-state index contributed by atoms with van der Waals surface area (Å²) in [6.45, 7) is 5.54. The summed E-state index contributed by atoms with van der Waals surface area (Å²) in [5, 5.41) is 17.8. The van der Waals surface area contributed by atoms with Gasteiger partial charge < -0.3 is 25.4 Å². The highest BCUT2D eigenvalue weighted by molar-refractivity contribution is 8.00. The molecule has 0 aromatic heterocycles. The van der Waals surface area contributed by atoms with Gasteiger partial charge in [0.2, 0.25) is 5.91 Å². The molecule has 2 fully saturated rings. The van der Waals surface area contributed by atoms with Crippen molar-refractivity contribution in [2.24, 2.45) is 0 Å². The van der Waals surface area contributed by atoms with E-state index in [1.165, 1.54) is 47.3 Å². The number of nitrogens with one attached hydrogen (secondary N) is 2. The molecule has 1 amide bonds. The first-order chi connectivity index (χ1) is 19.5. The van der Waals surface area contributed by atoms with Gasteiger partial charge in [-0.05, 0) is 48.4 Å². The van der Waals surface area contributed by atoms with Gasteiger partial charge in [-0.3, -0.25) is 4.79 Å². The van der Waals surface area contributed by atoms with Crippen LogP contribution in [0.3, 0.4) is 0 Å². The average Bonchev–Trinajstić information content (AvgIpc) is 3.44. The van der Waals surface area contributed by atoms with Crippen LogP contribution in [-0.2, 0) is 21.7 Å². The molecule has 1 aliphatic carbocycles. The van der Waals surface area contributed by atoms with Crippen LogP contribution >= 0.6 is 23.5 Å². The lowest BCUT2D eigenvalue weighted by Gasteiger charge is -2.40. The van der Waals surface area contributed by atoms with Crippen molar-refractivity contribution in [3.8, 4) is 0 Å². The molecule has 6 nitrogen and oxygen atoms in total.